The quantitative estimate of drug-likeness (QED) is 0.898. The number of imidazole rings is 1. The maximum atomic E-state index is 4.21. The average Bonchev–Trinajstić information content (AvgIpc) is 3.10. The summed E-state index contributed by atoms with van der Waals surface area (Å²) in [6.45, 7) is 2.40. The molecule has 1 aromatic heterocycles. The molecule has 0 amide bonds. The monoisotopic (exact) mass is 261 g/mol. The van der Waals surface area contributed by atoms with Gasteiger partial charge in [-0.2, -0.15) is 0 Å². The summed E-state index contributed by atoms with van der Waals surface area (Å²) < 4.78 is 2.30. The van der Waals surface area contributed by atoms with Gasteiger partial charge in [0.2, 0.25) is 0 Å². The summed E-state index contributed by atoms with van der Waals surface area (Å²) in [6.07, 6.45) is 17.1. The van der Waals surface area contributed by atoms with Crippen LogP contribution in [0.1, 0.15) is 64.3 Å². The number of nitrogens with one attached hydrogen (secondary N) is 1. The van der Waals surface area contributed by atoms with Crippen LogP contribution in [0.15, 0.2) is 18.7 Å². The van der Waals surface area contributed by atoms with Gasteiger partial charge in [0.25, 0.3) is 0 Å². The summed E-state index contributed by atoms with van der Waals surface area (Å²) in [5.41, 5.74) is 0. The number of nitrogens with zero attached hydrogens (tertiary/aromatic N) is 2. The minimum atomic E-state index is 0.619. The van der Waals surface area contributed by atoms with Gasteiger partial charge in [-0.3, -0.25) is 0 Å². The molecule has 0 spiro atoms. The molecule has 2 saturated carbocycles. The molecule has 0 bridgehead atoms. The Hall–Kier alpha value is -0.830. The Bertz CT molecular complexity index is 367. The van der Waals surface area contributed by atoms with Crippen molar-refractivity contribution in [2.45, 2.75) is 76.4 Å². The van der Waals surface area contributed by atoms with Crippen molar-refractivity contribution >= 4 is 0 Å². The number of hydrogen-bond donors (Lipinski definition) is 1. The highest BCUT2D eigenvalue weighted by atomic mass is 15.1. The Labute approximate surface area is 116 Å². The summed E-state index contributed by atoms with van der Waals surface area (Å²) in [7, 11) is 0. The van der Waals surface area contributed by atoms with Crippen molar-refractivity contribution < 1.29 is 0 Å². The Balaban J connectivity index is 1.58. The predicted octanol–water partition coefficient (Wildman–Crippen LogP) is 3.54. The van der Waals surface area contributed by atoms with E-state index < -0.39 is 0 Å². The summed E-state index contributed by atoms with van der Waals surface area (Å²) in [6, 6.07) is 1.94. The first-order chi connectivity index (χ1) is 9.34. The van der Waals surface area contributed by atoms with E-state index in [1.807, 2.05) is 12.5 Å². The largest absolute Gasteiger partial charge is 0.333 e. The fourth-order valence-electron chi connectivity index (χ4n) is 4.07. The standard InChI is InChI=1S/C16H27N3/c1-13(14-6-3-2-4-7-14)18-15-8-5-9-16(15)19-11-10-17-12-19/h10-16,18H,2-9H2,1H3. The lowest BCUT2D eigenvalue weighted by molar-refractivity contribution is 0.247. The van der Waals surface area contributed by atoms with Crippen LogP contribution >= 0.6 is 0 Å². The Morgan fingerprint density at radius 3 is 2.68 bits per heavy atom. The second-order valence-electron chi connectivity index (χ2n) is 6.47. The van der Waals surface area contributed by atoms with Crippen LogP contribution < -0.4 is 5.32 Å². The van der Waals surface area contributed by atoms with Crippen molar-refractivity contribution in [2.75, 3.05) is 0 Å². The highest BCUT2D eigenvalue weighted by molar-refractivity contribution is 4.93. The van der Waals surface area contributed by atoms with E-state index >= 15 is 0 Å². The van der Waals surface area contributed by atoms with Crippen molar-refractivity contribution in [1.82, 2.24) is 14.9 Å². The smallest absolute Gasteiger partial charge is 0.0949 e. The van der Waals surface area contributed by atoms with Crippen molar-refractivity contribution in [1.29, 1.82) is 0 Å². The van der Waals surface area contributed by atoms with Gasteiger partial charge in [-0.25, -0.2) is 4.98 Å². The van der Waals surface area contributed by atoms with Crippen molar-refractivity contribution in [3.05, 3.63) is 18.7 Å². The average molecular weight is 261 g/mol. The minimum Gasteiger partial charge on any atom is -0.333 e. The zero-order valence-corrected chi connectivity index (χ0v) is 12.1. The van der Waals surface area contributed by atoms with E-state index in [0.29, 0.717) is 18.1 Å². The van der Waals surface area contributed by atoms with Gasteiger partial charge in [0, 0.05) is 30.5 Å². The molecular formula is C16H27N3. The molecule has 0 radical (unpaired) electrons. The molecule has 1 N–H and O–H groups in total. The lowest BCUT2D eigenvalue weighted by Gasteiger charge is -2.32. The van der Waals surface area contributed by atoms with Crippen LogP contribution in [0.4, 0.5) is 0 Å². The number of rotatable bonds is 4. The molecule has 0 aliphatic heterocycles. The topological polar surface area (TPSA) is 29.9 Å². The van der Waals surface area contributed by atoms with Crippen LogP contribution in [0.5, 0.6) is 0 Å². The van der Waals surface area contributed by atoms with Crippen LogP contribution in [0.3, 0.4) is 0 Å². The van der Waals surface area contributed by atoms with Gasteiger partial charge < -0.3 is 9.88 Å². The van der Waals surface area contributed by atoms with E-state index in [2.05, 4.69) is 28.0 Å². The lowest BCUT2D eigenvalue weighted by atomic mass is 9.84. The lowest BCUT2D eigenvalue weighted by Crippen LogP contribution is -2.43. The number of hydrogen-bond acceptors (Lipinski definition) is 2. The summed E-state index contributed by atoms with van der Waals surface area (Å²) in [4.78, 5) is 4.21. The molecule has 2 aliphatic carbocycles. The predicted molar refractivity (Wildman–Crippen MR) is 78.1 cm³/mol. The summed E-state index contributed by atoms with van der Waals surface area (Å²) >= 11 is 0. The second-order valence-corrected chi connectivity index (χ2v) is 6.47. The van der Waals surface area contributed by atoms with Gasteiger partial charge in [0.05, 0.1) is 6.33 Å². The highest BCUT2D eigenvalue weighted by Crippen LogP contribution is 2.32. The Morgan fingerprint density at radius 2 is 1.95 bits per heavy atom. The molecule has 2 fully saturated rings. The van der Waals surface area contributed by atoms with Gasteiger partial charge in [0.15, 0.2) is 0 Å². The third-order valence-corrected chi connectivity index (χ3v) is 5.22. The minimum absolute atomic E-state index is 0.619. The molecular weight excluding hydrogens is 234 g/mol. The molecule has 3 rings (SSSR count). The van der Waals surface area contributed by atoms with Crippen molar-refractivity contribution in [2.24, 2.45) is 5.92 Å². The molecule has 0 saturated heterocycles. The van der Waals surface area contributed by atoms with Crippen LogP contribution in [-0.2, 0) is 0 Å². The van der Waals surface area contributed by atoms with Gasteiger partial charge in [0.1, 0.15) is 0 Å². The summed E-state index contributed by atoms with van der Waals surface area (Å²) in [5.74, 6) is 0.901. The first kappa shape index (κ1) is 13.2. The molecule has 2 aliphatic rings. The van der Waals surface area contributed by atoms with Crippen molar-refractivity contribution in [3.63, 3.8) is 0 Å². The van der Waals surface area contributed by atoms with E-state index in [9.17, 15) is 0 Å². The first-order valence-electron chi connectivity index (χ1n) is 8.08. The highest BCUT2D eigenvalue weighted by Gasteiger charge is 2.31. The molecule has 3 atom stereocenters. The van der Waals surface area contributed by atoms with Gasteiger partial charge in [-0.15, -0.1) is 0 Å². The summed E-state index contributed by atoms with van der Waals surface area (Å²) in [5, 5.41) is 3.94. The van der Waals surface area contributed by atoms with E-state index in [-0.39, 0.29) is 0 Å². The molecule has 3 nitrogen and oxygen atoms in total. The maximum Gasteiger partial charge on any atom is 0.0949 e. The fourth-order valence-corrected chi connectivity index (χ4v) is 4.07. The van der Waals surface area contributed by atoms with Crippen molar-refractivity contribution in [3.8, 4) is 0 Å². The van der Waals surface area contributed by atoms with Gasteiger partial charge in [-0.1, -0.05) is 19.3 Å². The third kappa shape index (κ3) is 3.02. The molecule has 1 aromatic rings. The molecule has 3 unspecified atom stereocenters. The Kier molecular flexibility index (Phi) is 4.21. The van der Waals surface area contributed by atoms with E-state index in [4.69, 9.17) is 0 Å². The zero-order chi connectivity index (χ0) is 13.1. The van der Waals surface area contributed by atoms with Crippen LogP contribution in [0, 0.1) is 5.92 Å². The molecule has 19 heavy (non-hydrogen) atoms. The normalized spacial score (nSPS) is 30.6. The zero-order valence-electron chi connectivity index (χ0n) is 12.1. The van der Waals surface area contributed by atoms with E-state index in [1.165, 1.54) is 51.4 Å². The molecule has 1 heterocycles. The fraction of sp³-hybridized carbons (Fsp3) is 0.812. The van der Waals surface area contributed by atoms with Gasteiger partial charge in [-0.05, 0) is 44.9 Å². The molecule has 0 aromatic carbocycles. The SMILES string of the molecule is CC(NC1CCCC1n1ccnc1)C1CCCCC1. The van der Waals surface area contributed by atoms with E-state index in [0.717, 1.165) is 5.92 Å². The van der Waals surface area contributed by atoms with Crippen LogP contribution in [0.25, 0.3) is 0 Å². The molecule has 106 valence electrons. The third-order valence-electron chi connectivity index (χ3n) is 5.22. The van der Waals surface area contributed by atoms with E-state index in [1.54, 1.807) is 0 Å². The maximum absolute atomic E-state index is 4.21. The van der Waals surface area contributed by atoms with Crippen LogP contribution in [-0.4, -0.2) is 21.6 Å². The number of aromatic nitrogens is 2. The van der Waals surface area contributed by atoms with Gasteiger partial charge >= 0.3 is 0 Å². The first-order valence-corrected chi connectivity index (χ1v) is 8.08. The Morgan fingerprint density at radius 1 is 1.11 bits per heavy atom. The molecule has 3 heteroatoms. The second kappa shape index (κ2) is 6.08. The van der Waals surface area contributed by atoms with Crippen LogP contribution in [0.2, 0.25) is 0 Å².